The fourth-order valence-electron chi connectivity index (χ4n) is 4.02. The Morgan fingerprint density at radius 1 is 1.23 bits per heavy atom. The summed E-state index contributed by atoms with van der Waals surface area (Å²) < 4.78 is 3.38. The Balaban J connectivity index is 1.32. The Kier molecular flexibility index (Phi) is 4.98. The van der Waals surface area contributed by atoms with Gasteiger partial charge in [-0.15, -0.1) is 0 Å². The number of carbonyl (C=O) groups is 1. The SMILES string of the molecule is Cc1cccc(Cn2cc(Cl)c(NC(=O)Cn3nc(C)c4c(C5CC5)ccnc43)n2)c1. The molecule has 8 heteroatoms. The van der Waals surface area contributed by atoms with Gasteiger partial charge in [-0.2, -0.15) is 10.2 Å². The highest BCUT2D eigenvalue weighted by molar-refractivity contribution is 6.33. The first-order valence-electron chi connectivity index (χ1n) is 10.4. The van der Waals surface area contributed by atoms with Gasteiger partial charge < -0.3 is 5.32 Å². The largest absolute Gasteiger partial charge is 0.306 e. The van der Waals surface area contributed by atoms with Gasteiger partial charge in [0.15, 0.2) is 11.5 Å². The Hall–Kier alpha value is -3.19. The molecule has 3 heterocycles. The molecule has 1 aliphatic rings. The molecule has 158 valence electrons. The van der Waals surface area contributed by atoms with Gasteiger partial charge in [0.1, 0.15) is 11.6 Å². The zero-order chi connectivity index (χ0) is 21.5. The molecule has 3 aromatic heterocycles. The molecule has 0 unspecified atom stereocenters. The zero-order valence-corrected chi connectivity index (χ0v) is 18.2. The third-order valence-corrected chi connectivity index (χ3v) is 5.83. The number of rotatable bonds is 6. The lowest BCUT2D eigenvalue weighted by Gasteiger charge is -2.05. The van der Waals surface area contributed by atoms with Crippen molar-refractivity contribution in [3.05, 3.63) is 70.1 Å². The molecule has 0 atom stereocenters. The van der Waals surface area contributed by atoms with Crippen molar-refractivity contribution in [2.45, 2.75) is 45.7 Å². The van der Waals surface area contributed by atoms with Gasteiger partial charge in [0.25, 0.3) is 0 Å². The summed E-state index contributed by atoms with van der Waals surface area (Å²) in [6, 6.07) is 10.3. The normalized spacial score (nSPS) is 13.6. The van der Waals surface area contributed by atoms with E-state index in [9.17, 15) is 4.79 Å². The number of nitrogens with zero attached hydrogens (tertiary/aromatic N) is 5. The van der Waals surface area contributed by atoms with Crippen LogP contribution in [0.2, 0.25) is 5.02 Å². The third-order valence-electron chi connectivity index (χ3n) is 5.55. The van der Waals surface area contributed by atoms with Crippen LogP contribution in [0, 0.1) is 13.8 Å². The number of hydrogen-bond donors (Lipinski definition) is 1. The number of aryl methyl sites for hydroxylation is 2. The molecule has 1 aromatic carbocycles. The van der Waals surface area contributed by atoms with Crippen molar-refractivity contribution in [2.75, 3.05) is 5.32 Å². The van der Waals surface area contributed by atoms with Gasteiger partial charge in [-0.3, -0.25) is 9.48 Å². The van der Waals surface area contributed by atoms with Crippen molar-refractivity contribution in [1.29, 1.82) is 0 Å². The zero-order valence-electron chi connectivity index (χ0n) is 17.5. The van der Waals surface area contributed by atoms with E-state index in [1.165, 1.54) is 24.0 Å². The van der Waals surface area contributed by atoms with E-state index in [1.807, 2.05) is 32.0 Å². The average molecular weight is 435 g/mol. The summed E-state index contributed by atoms with van der Waals surface area (Å²) in [5.41, 5.74) is 5.23. The van der Waals surface area contributed by atoms with E-state index in [-0.39, 0.29) is 12.5 Å². The van der Waals surface area contributed by atoms with Gasteiger partial charge in [-0.25, -0.2) is 9.67 Å². The molecular formula is C23H23ClN6O. The molecular weight excluding hydrogens is 412 g/mol. The summed E-state index contributed by atoms with van der Waals surface area (Å²) in [6.07, 6.45) is 5.92. The first-order valence-corrected chi connectivity index (χ1v) is 10.8. The fraction of sp³-hybridized carbons (Fsp3) is 0.304. The smallest absolute Gasteiger partial charge is 0.247 e. The lowest BCUT2D eigenvalue weighted by atomic mass is 10.1. The van der Waals surface area contributed by atoms with Crippen LogP contribution in [-0.4, -0.2) is 30.5 Å². The topological polar surface area (TPSA) is 77.6 Å². The molecule has 5 rings (SSSR count). The quantitative estimate of drug-likeness (QED) is 0.486. The monoisotopic (exact) mass is 434 g/mol. The van der Waals surface area contributed by atoms with Crippen LogP contribution >= 0.6 is 11.6 Å². The molecule has 1 fully saturated rings. The van der Waals surface area contributed by atoms with Crippen LogP contribution in [0.1, 0.15) is 41.1 Å². The number of aromatic nitrogens is 5. The van der Waals surface area contributed by atoms with Crippen LogP contribution < -0.4 is 5.32 Å². The Bertz CT molecular complexity index is 1290. The standard InChI is InChI=1S/C23H23ClN6O/c1-14-4-3-5-16(10-14)11-29-12-19(24)22(28-29)26-20(31)13-30-23-21(15(2)27-30)18(8-9-25-23)17-6-7-17/h3-5,8-10,12,17H,6-7,11,13H2,1-2H3,(H,26,28,31). The van der Waals surface area contributed by atoms with E-state index in [2.05, 4.69) is 32.6 Å². The van der Waals surface area contributed by atoms with Gasteiger partial charge in [0.05, 0.1) is 12.2 Å². The molecule has 7 nitrogen and oxygen atoms in total. The van der Waals surface area contributed by atoms with Crippen molar-refractivity contribution in [1.82, 2.24) is 24.5 Å². The van der Waals surface area contributed by atoms with Crippen molar-refractivity contribution in [2.24, 2.45) is 0 Å². The Labute approximate surface area is 185 Å². The van der Waals surface area contributed by atoms with Gasteiger partial charge in [-0.1, -0.05) is 41.4 Å². The highest BCUT2D eigenvalue weighted by atomic mass is 35.5. The van der Waals surface area contributed by atoms with E-state index < -0.39 is 0 Å². The summed E-state index contributed by atoms with van der Waals surface area (Å²) in [5.74, 6) is 0.691. The summed E-state index contributed by atoms with van der Waals surface area (Å²) in [6.45, 7) is 4.64. The molecule has 1 saturated carbocycles. The van der Waals surface area contributed by atoms with Crippen molar-refractivity contribution in [3.63, 3.8) is 0 Å². The highest BCUT2D eigenvalue weighted by Gasteiger charge is 2.27. The number of carbonyl (C=O) groups excluding carboxylic acids is 1. The maximum Gasteiger partial charge on any atom is 0.247 e. The molecule has 0 saturated heterocycles. The highest BCUT2D eigenvalue weighted by Crippen LogP contribution is 2.43. The first kappa shape index (κ1) is 19.8. The molecule has 4 aromatic rings. The van der Waals surface area contributed by atoms with Gasteiger partial charge in [0, 0.05) is 17.8 Å². The summed E-state index contributed by atoms with van der Waals surface area (Å²) >= 11 is 6.32. The maximum atomic E-state index is 12.7. The number of pyridine rings is 1. The number of amides is 1. The molecule has 0 spiro atoms. The number of anilines is 1. The molecule has 0 bridgehead atoms. The maximum absolute atomic E-state index is 12.7. The van der Waals surface area contributed by atoms with E-state index in [0.717, 1.165) is 22.3 Å². The number of fused-ring (bicyclic) bond motifs is 1. The average Bonchev–Trinajstić information content (AvgIpc) is 3.45. The van der Waals surface area contributed by atoms with Crippen LogP contribution in [0.25, 0.3) is 11.0 Å². The minimum absolute atomic E-state index is 0.0481. The Morgan fingerprint density at radius 2 is 2.06 bits per heavy atom. The van der Waals surface area contributed by atoms with Crippen LogP contribution in [0.3, 0.4) is 0 Å². The molecule has 1 amide bonds. The van der Waals surface area contributed by atoms with Crippen LogP contribution in [0.5, 0.6) is 0 Å². The number of nitrogens with one attached hydrogen (secondary N) is 1. The minimum Gasteiger partial charge on any atom is -0.306 e. The van der Waals surface area contributed by atoms with Crippen molar-refractivity contribution >= 4 is 34.4 Å². The fourth-order valence-corrected chi connectivity index (χ4v) is 4.22. The second-order valence-electron chi connectivity index (χ2n) is 8.18. The van der Waals surface area contributed by atoms with Crippen molar-refractivity contribution in [3.8, 4) is 0 Å². The molecule has 31 heavy (non-hydrogen) atoms. The minimum atomic E-state index is -0.245. The first-order chi connectivity index (χ1) is 15.0. The molecule has 0 radical (unpaired) electrons. The van der Waals surface area contributed by atoms with Gasteiger partial charge >= 0.3 is 0 Å². The molecule has 0 aliphatic heterocycles. The lowest BCUT2D eigenvalue weighted by Crippen LogP contribution is -2.20. The lowest BCUT2D eigenvalue weighted by molar-refractivity contribution is -0.116. The molecule has 1 N–H and O–H groups in total. The second kappa shape index (κ2) is 7.81. The predicted molar refractivity (Wildman–Crippen MR) is 120 cm³/mol. The predicted octanol–water partition coefficient (Wildman–Crippen LogP) is 4.46. The summed E-state index contributed by atoms with van der Waals surface area (Å²) in [4.78, 5) is 17.2. The summed E-state index contributed by atoms with van der Waals surface area (Å²) in [7, 11) is 0. The molecule has 1 aliphatic carbocycles. The van der Waals surface area contributed by atoms with E-state index >= 15 is 0 Å². The number of halogens is 1. The van der Waals surface area contributed by atoms with Crippen LogP contribution in [0.4, 0.5) is 5.82 Å². The van der Waals surface area contributed by atoms with E-state index in [0.29, 0.717) is 23.3 Å². The van der Waals surface area contributed by atoms with E-state index in [4.69, 9.17) is 11.6 Å². The van der Waals surface area contributed by atoms with Crippen LogP contribution in [0.15, 0.2) is 42.7 Å². The second-order valence-corrected chi connectivity index (χ2v) is 8.58. The van der Waals surface area contributed by atoms with Gasteiger partial charge in [-0.05, 0) is 49.8 Å². The third kappa shape index (κ3) is 4.05. The van der Waals surface area contributed by atoms with Crippen LogP contribution in [-0.2, 0) is 17.9 Å². The Morgan fingerprint density at radius 3 is 2.84 bits per heavy atom. The number of hydrogen-bond acceptors (Lipinski definition) is 4. The number of benzene rings is 1. The van der Waals surface area contributed by atoms with Gasteiger partial charge in [0.2, 0.25) is 5.91 Å². The van der Waals surface area contributed by atoms with Crippen molar-refractivity contribution < 1.29 is 4.79 Å². The summed E-state index contributed by atoms with van der Waals surface area (Å²) in [5, 5.41) is 13.3. The van der Waals surface area contributed by atoms with E-state index in [1.54, 1.807) is 21.8 Å².